The standard InChI is InChI=1S/C16H19N3O3S2/c1-12-3-5-14(6-4-12)24(21,22)19-9-7-18(8-10-19)16(20)15-11-23-13(2)17-15/h3-6,11H,7-10H2,1-2H3. The van der Waals surface area contributed by atoms with Gasteiger partial charge in [0.1, 0.15) is 5.69 Å². The van der Waals surface area contributed by atoms with Crippen molar-refractivity contribution in [1.29, 1.82) is 0 Å². The first-order valence-electron chi connectivity index (χ1n) is 7.66. The summed E-state index contributed by atoms with van der Waals surface area (Å²) in [5.41, 5.74) is 1.45. The average molecular weight is 365 g/mol. The number of sulfonamides is 1. The van der Waals surface area contributed by atoms with Crippen LogP contribution in [-0.2, 0) is 10.0 Å². The second-order valence-electron chi connectivity index (χ2n) is 5.76. The van der Waals surface area contributed by atoms with Crippen molar-refractivity contribution >= 4 is 27.3 Å². The Morgan fingerprint density at radius 3 is 2.25 bits per heavy atom. The van der Waals surface area contributed by atoms with Gasteiger partial charge < -0.3 is 4.90 Å². The smallest absolute Gasteiger partial charge is 0.273 e. The third kappa shape index (κ3) is 3.35. The lowest BCUT2D eigenvalue weighted by Gasteiger charge is -2.33. The molecule has 0 unspecified atom stereocenters. The molecule has 0 bridgehead atoms. The van der Waals surface area contributed by atoms with Crippen molar-refractivity contribution < 1.29 is 13.2 Å². The highest BCUT2D eigenvalue weighted by atomic mass is 32.2. The van der Waals surface area contributed by atoms with Crippen molar-refractivity contribution in [2.45, 2.75) is 18.7 Å². The predicted molar refractivity (Wildman–Crippen MR) is 92.7 cm³/mol. The van der Waals surface area contributed by atoms with Gasteiger partial charge in [0.15, 0.2) is 0 Å². The van der Waals surface area contributed by atoms with Gasteiger partial charge in [-0.15, -0.1) is 11.3 Å². The lowest BCUT2D eigenvalue weighted by Crippen LogP contribution is -2.50. The minimum atomic E-state index is -3.51. The number of aryl methyl sites for hydroxylation is 2. The van der Waals surface area contributed by atoms with Crippen LogP contribution in [-0.4, -0.2) is 54.7 Å². The van der Waals surface area contributed by atoms with Crippen LogP contribution in [0.2, 0.25) is 0 Å². The van der Waals surface area contributed by atoms with Gasteiger partial charge >= 0.3 is 0 Å². The van der Waals surface area contributed by atoms with Gasteiger partial charge in [0.25, 0.3) is 5.91 Å². The summed E-state index contributed by atoms with van der Waals surface area (Å²) in [4.78, 5) is 18.5. The molecule has 0 spiro atoms. The number of carbonyl (C=O) groups is 1. The van der Waals surface area contributed by atoms with Crippen LogP contribution in [0.25, 0.3) is 0 Å². The van der Waals surface area contributed by atoms with Crippen LogP contribution in [0.15, 0.2) is 34.5 Å². The molecule has 0 radical (unpaired) electrons. The molecular weight excluding hydrogens is 346 g/mol. The number of nitrogens with zero attached hydrogens (tertiary/aromatic N) is 3. The van der Waals surface area contributed by atoms with Crippen LogP contribution in [0.5, 0.6) is 0 Å². The molecule has 24 heavy (non-hydrogen) atoms. The first-order valence-corrected chi connectivity index (χ1v) is 9.98. The molecule has 1 aromatic carbocycles. The van der Waals surface area contributed by atoms with Gasteiger partial charge in [0.2, 0.25) is 10.0 Å². The molecule has 1 aliphatic heterocycles. The van der Waals surface area contributed by atoms with E-state index >= 15 is 0 Å². The van der Waals surface area contributed by atoms with E-state index < -0.39 is 10.0 Å². The van der Waals surface area contributed by atoms with Crippen LogP contribution in [0, 0.1) is 13.8 Å². The van der Waals surface area contributed by atoms with Gasteiger partial charge in [-0.3, -0.25) is 4.79 Å². The fourth-order valence-corrected chi connectivity index (χ4v) is 4.62. The maximum absolute atomic E-state index is 12.7. The minimum absolute atomic E-state index is 0.133. The van der Waals surface area contributed by atoms with Gasteiger partial charge in [0, 0.05) is 31.6 Å². The molecule has 1 fully saturated rings. The van der Waals surface area contributed by atoms with E-state index in [1.807, 2.05) is 13.8 Å². The minimum Gasteiger partial charge on any atom is -0.335 e. The Morgan fingerprint density at radius 1 is 1.08 bits per heavy atom. The lowest BCUT2D eigenvalue weighted by molar-refractivity contribution is 0.0692. The number of hydrogen-bond donors (Lipinski definition) is 0. The summed E-state index contributed by atoms with van der Waals surface area (Å²) in [6.45, 7) is 5.12. The quantitative estimate of drug-likeness (QED) is 0.833. The number of amides is 1. The fraction of sp³-hybridized carbons (Fsp3) is 0.375. The zero-order chi connectivity index (χ0) is 17.3. The van der Waals surface area contributed by atoms with E-state index in [2.05, 4.69) is 4.98 Å². The van der Waals surface area contributed by atoms with Crippen molar-refractivity contribution in [2.24, 2.45) is 0 Å². The van der Waals surface area contributed by atoms with Crippen LogP contribution in [0.3, 0.4) is 0 Å². The van der Waals surface area contributed by atoms with Gasteiger partial charge in [-0.2, -0.15) is 4.31 Å². The largest absolute Gasteiger partial charge is 0.335 e. The van der Waals surface area contributed by atoms with E-state index in [-0.39, 0.29) is 5.91 Å². The van der Waals surface area contributed by atoms with Gasteiger partial charge in [0.05, 0.1) is 9.90 Å². The SMILES string of the molecule is Cc1ccc(S(=O)(=O)N2CCN(C(=O)c3csc(C)n3)CC2)cc1. The molecular formula is C16H19N3O3S2. The van der Waals surface area contributed by atoms with E-state index in [0.29, 0.717) is 36.8 Å². The second kappa shape index (κ2) is 6.62. The number of carbonyl (C=O) groups excluding carboxylic acids is 1. The summed E-state index contributed by atoms with van der Waals surface area (Å²) in [5, 5.41) is 2.59. The van der Waals surface area contributed by atoms with E-state index in [1.165, 1.54) is 15.6 Å². The second-order valence-corrected chi connectivity index (χ2v) is 8.76. The Morgan fingerprint density at radius 2 is 1.71 bits per heavy atom. The van der Waals surface area contributed by atoms with E-state index in [0.717, 1.165) is 10.6 Å². The molecule has 0 saturated carbocycles. The first kappa shape index (κ1) is 17.1. The molecule has 0 atom stereocenters. The number of benzene rings is 1. The van der Waals surface area contributed by atoms with E-state index in [9.17, 15) is 13.2 Å². The van der Waals surface area contributed by atoms with Gasteiger partial charge in [-0.05, 0) is 26.0 Å². The molecule has 8 heteroatoms. The van der Waals surface area contributed by atoms with Gasteiger partial charge in [-0.1, -0.05) is 17.7 Å². The number of rotatable bonds is 3. The Labute approximate surface area is 145 Å². The number of thiazole rings is 1. The molecule has 1 aromatic heterocycles. The topological polar surface area (TPSA) is 70.6 Å². The third-order valence-electron chi connectivity index (χ3n) is 4.02. The Balaban J connectivity index is 1.68. The van der Waals surface area contributed by atoms with Gasteiger partial charge in [-0.25, -0.2) is 13.4 Å². The van der Waals surface area contributed by atoms with Crippen LogP contribution < -0.4 is 0 Å². The zero-order valence-corrected chi connectivity index (χ0v) is 15.2. The number of piperazine rings is 1. The predicted octanol–water partition coefficient (Wildman–Crippen LogP) is 1.91. The molecule has 1 amide bonds. The fourth-order valence-electron chi connectivity index (χ4n) is 2.61. The van der Waals surface area contributed by atoms with Crippen molar-refractivity contribution in [3.8, 4) is 0 Å². The molecule has 1 aliphatic rings. The van der Waals surface area contributed by atoms with E-state index in [1.54, 1.807) is 34.5 Å². The summed E-state index contributed by atoms with van der Waals surface area (Å²) in [5.74, 6) is -0.133. The van der Waals surface area contributed by atoms with Crippen LogP contribution in [0.4, 0.5) is 0 Å². The normalized spacial score (nSPS) is 16.3. The van der Waals surface area contributed by atoms with Crippen molar-refractivity contribution in [3.63, 3.8) is 0 Å². The number of hydrogen-bond acceptors (Lipinski definition) is 5. The monoisotopic (exact) mass is 365 g/mol. The molecule has 0 N–H and O–H groups in total. The first-order chi connectivity index (χ1) is 11.4. The summed E-state index contributed by atoms with van der Waals surface area (Å²) in [6, 6.07) is 6.83. The summed E-state index contributed by atoms with van der Waals surface area (Å²) in [7, 11) is -3.51. The summed E-state index contributed by atoms with van der Waals surface area (Å²) in [6.07, 6.45) is 0. The molecule has 1 saturated heterocycles. The molecule has 128 valence electrons. The summed E-state index contributed by atoms with van der Waals surface area (Å²) >= 11 is 1.44. The molecule has 3 rings (SSSR count). The van der Waals surface area contributed by atoms with Crippen molar-refractivity contribution in [3.05, 3.63) is 45.9 Å². The van der Waals surface area contributed by atoms with Crippen LogP contribution >= 0.6 is 11.3 Å². The average Bonchev–Trinajstić information content (AvgIpc) is 3.01. The highest BCUT2D eigenvalue weighted by Crippen LogP contribution is 2.19. The highest BCUT2D eigenvalue weighted by molar-refractivity contribution is 7.89. The zero-order valence-electron chi connectivity index (χ0n) is 13.6. The lowest BCUT2D eigenvalue weighted by atomic mass is 10.2. The number of aromatic nitrogens is 1. The van der Waals surface area contributed by atoms with Crippen molar-refractivity contribution in [2.75, 3.05) is 26.2 Å². The Bertz CT molecular complexity index is 836. The highest BCUT2D eigenvalue weighted by Gasteiger charge is 2.30. The Kier molecular flexibility index (Phi) is 4.71. The van der Waals surface area contributed by atoms with Crippen LogP contribution in [0.1, 0.15) is 21.1 Å². The maximum atomic E-state index is 12.7. The maximum Gasteiger partial charge on any atom is 0.273 e. The molecule has 0 aliphatic carbocycles. The Hall–Kier alpha value is -1.77. The molecule has 2 heterocycles. The molecule has 2 aromatic rings. The van der Waals surface area contributed by atoms with E-state index in [4.69, 9.17) is 0 Å². The third-order valence-corrected chi connectivity index (χ3v) is 6.71. The molecule has 6 nitrogen and oxygen atoms in total. The van der Waals surface area contributed by atoms with Crippen molar-refractivity contribution in [1.82, 2.24) is 14.2 Å². The summed E-state index contributed by atoms with van der Waals surface area (Å²) < 4.78 is 26.8.